The lowest BCUT2D eigenvalue weighted by Crippen LogP contribution is -2.62. The van der Waals surface area contributed by atoms with Gasteiger partial charge >= 0.3 is 29.8 Å². The van der Waals surface area contributed by atoms with Gasteiger partial charge in [0.05, 0.1) is 22.3 Å². The predicted octanol–water partition coefficient (Wildman–Crippen LogP) is 1.57. The summed E-state index contributed by atoms with van der Waals surface area (Å²) in [5.41, 5.74) is -10.2. The molecule has 3 aliphatic heterocycles. The molecule has 354 valence electrons. The zero-order valence-corrected chi connectivity index (χ0v) is 33.1. The molecule has 5 aromatic rings. The molecular weight excluding hydrogens is 924 g/mol. The maximum atomic E-state index is 14.5. The highest BCUT2D eigenvalue weighted by Crippen LogP contribution is 2.56. The van der Waals surface area contributed by atoms with E-state index in [-0.39, 0.29) is 0 Å². The third-order valence-corrected chi connectivity index (χ3v) is 10.7. The molecule has 16 N–H and O–H groups in total. The van der Waals surface area contributed by atoms with Crippen molar-refractivity contribution in [3.05, 3.63) is 58.1 Å². The summed E-state index contributed by atoms with van der Waals surface area (Å²) in [5.74, 6) is -30.8. The Kier molecular flexibility index (Phi) is 10.5. The monoisotopic (exact) mass is 952 g/mol. The Morgan fingerprint density at radius 3 is 1.37 bits per heavy atom. The lowest BCUT2D eigenvalue weighted by atomic mass is 9.91. The Morgan fingerprint density at radius 2 is 0.882 bits per heavy atom. The van der Waals surface area contributed by atoms with Gasteiger partial charge in [0.1, 0.15) is 29.6 Å². The second-order valence-electron chi connectivity index (χ2n) is 14.7. The molecule has 0 unspecified atom stereocenters. The number of cyclic esters (lactones) is 1. The summed E-state index contributed by atoms with van der Waals surface area (Å²) in [6.45, 7) is -1.30. The number of esters is 4. The number of carbonyl (C=O) groups excluding carboxylic acids is 4. The average Bonchev–Trinajstić information content (AvgIpc) is 3.29. The van der Waals surface area contributed by atoms with Crippen LogP contribution < -0.4 is 4.74 Å². The van der Waals surface area contributed by atoms with E-state index in [0.717, 1.165) is 0 Å². The average molecular weight is 953 g/mol. The van der Waals surface area contributed by atoms with Crippen molar-refractivity contribution in [2.45, 2.75) is 30.7 Å². The molecule has 8 rings (SSSR count). The van der Waals surface area contributed by atoms with Gasteiger partial charge in [-0.15, -0.1) is 0 Å². The van der Waals surface area contributed by atoms with Crippen LogP contribution >= 0.6 is 0 Å². The van der Waals surface area contributed by atoms with Gasteiger partial charge in [0.15, 0.2) is 82.1 Å². The molecule has 0 amide bonds. The number of phenolic OH excluding ortho intramolecular Hbond substituents is 14. The van der Waals surface area contributed by atoms with Crippen LogP contribution in [0.2, 0.25) is 0 Å². The van der Waals surface area contributed by atoms with Gasteiger partial charge in [-0.1, -0.05) is 0 Å². The largest absolute Gasteiger partial charge is 0.504 e. The Labute approximate surface area is 373 Å². The quantitative estimate of drug-likeness (QED) is 0.0693. The van der Waals surface area contributed by atoms with Crippen LogP contribution in [0.5, 0.6) is 92.0 Å². The third kappa shape index (κ3) is 6.80. The maximum absolute atomic E-state index is 14.5. The number of carbonyl (C=O) groups is 5. The smallest absolute Gasteiger partial charge is 0.342 e. The number of ether oxygens (including phenoxy) is 6. The fourth-order valence-electron chi connectivity index (χ4n) is 7.56. The molecule has 1 saturated heterocycles. The van der Waals surface area contributed by atoms with E-state index in [9.17, 15) is 106 Å². The summed E-state index contributed by atoms with van der Waals surface area (Å²) in [6, 6.07) is 1.97. The summed E-state index contributed by atoms with van der Waals surface area (Å²) in [5, 5.41) is 170. The minimum absolute atomic E-state index is 0.347. The minimum atomic E-state index is -2.55. The highest BCUT2D eigenvalue weighted by Gasteiger charge is 2.54. The second-order valence-corrected chi connectivity index (χ2v) is 14.7. The first-order valence-electron chi connectivity index (χ1n) is 18.7. The van der Waals surface area contributed by atoms with E-state index in [1.165, 1.54) is 0 Å². The number of benzene rings is 5. The van der Waals surface area contributed by atoms with E-state index in [1.807, 2.05) is 0 Å². The number of hydrogen-bond acceptors (Lipinski definition) is 26. The zero-order chi connectivity index (χ0) is 49.7. The fourth-order valence-corrected chi connectivity index (χ4v) is 7.56. The first-order valence-corrected chi connectivity index (χ1v) is 18.7. The van der Waals surface area contributed by atoms with Gasteiger partial charge in [-0.3, -0.25) is 0 Å². The van der Waals surface area contributed by atoms with Crippen LogP contribution in [-0.2, 0) is 23.7 Å². The molecule has 3 aliphatic rings. The molecule has 1 fully saturated rings. The van der Waals surface area contributed by atoms with E-state index in [1.54, 1.807) is 0 Å². The normalized spacial score (nSPS) is 19.9. The number of rotatable bonds is 3. The van der Waals surface area contributed by atoms with Crippen molar-refractivity contribution >= 4 is 29.8 Å². The van der Waals surface area contributed by atoms with E-state index in [0.29, 0.717) is 30.3 Å². The van der Waals surface area contributed by atoms with Crippen molar-refractivity contribution in [1.29, 1.82) is 0 Å². The molecule has 0 aromatic heterocycles. The van der Waals surface area contributed by atoms with Crippen molar-refractivity contribution in [3.63, 3.8) is 0 Å². The molecule has 0 spiro atoms. The Balaban J connectivity index is 1.33. The molecule has 3 heterocycles. The standard InChI is InChI=1S/C41H28O27/c42-11-1-7-18(28(52)24(11)48)19-8(2-12(43)25(49)29(19)53)39(60)68-35-34(67-38(7)59)33-17(65-41(35)62)6-63-40(61)21-16(64-32-10(36(56)57)4-14(45)27(51)31(32)55)5-15(46)23(47)22(21)20-9(37(58)66-33)3-13(44)26(50)30(20)54/h1-5,17,33-35,41-55,62H,6H2,(H,56,57)/t17-,33-,34+,35-,41-/m1/s1. The first-order chi connectivity index (χ1) is 31.9. The van der Waals surface area contributed by atoms with Gasteiger partial charge in [-0.2, -0.15) is 0 Å². The number of aromatic hydroxyl groups is 14. The number of aliphatic hydroxyl groups excluding tert-OH is 1. The van der Waals surface area contributed by atoms with Crippen LogP contribution in [0.3, 0.4) is 0 Å². The predicted molar refractivity (Wildman–Crippen MR) is 209 cm³/mol. The van der Waals surface area contributed by atoms with Crippen molar-refractivity contribution in [2.75, 3.05) is 6.61 Å². The van der Waals surface area contributed by atoms with Crippen molar-refractivity contribution in [3.8, 4) is 114 Å². The highest BCUT2D eigenvalue weighted by atomic mass is 16.7. The topological polar surface area (TPSA) is 464 Å². The van der Waals surface area contributed by atoms with E-state index < -0.39 is 209 Å². The number of carboxylic acids is 1. The number of hydrogen-bond donors (Lipinski definition) is 16. The molecule has 68 heavy (non-hydrogen) atoms. The number of fused-ring (bicyclic) bond motifs is 9. The summed E-state index contributed by atoms with van der Waals surface area (Å²) in [7, 11) is 0. The Morgan fingerprint density at radius 1 is 0.471 bits per heavy atom. The molecule has 5 atom stereocenters. The molecular formula is C41H28O27. The number of aromatic carboxylic acids is 1. The fraction of sp³-hybridized carbons (Fsp3) is 0.146. The lowest BCUT2D eigenvalue weighted by molar-refractivity contribution is -0.284. The first kappa shape index (κ1) is 45.0. The summed E-state index contributed by atoms with van der Waals surface area (Å²) < 4.78 is 33.0. The van der Waals surface area contributed by atoms with Crippen molar-refractivity contribution in [2.24, 2.45) is 0 Å². The maximum Gasteiger partial charge on any atom is 0.342 e. The second kappa shape index (κ2) is 15.8. The lowest BCUT2D eigenvalue weighted by Gasteiger charge is -2.43. The summed E-state index contributed by atoms with van der Waals surface area (Å²) in [4.78, 5) is 69.1. The van der Waals surface area contributed by atoms with E-state index >= 15 is 0 Å². The van der Waals surface area contributed by atoms with Crippen LogP contribution in [0.25, 0.3) is 22.3 Å². The van der Waals surface area contributed by atoms with Crippen LogP contribution in [0.4, 0.5) is 0 Å². The molecule has 27 nitrogen and oxygen atoms in total. The van der Waals surface area contributed by atoms with Crippen LogP contribution in [0.15, 0.2) is 30.3 Å². The SMILES string of the molecule is O=C(O)c1cc(O)c(O)c(O)c1Oc1cc(O)c(O)c2c1C(=O)OC[C@H]1O[C@@H](O)[C@@H]3OC(=O)c4cc(O)c(O)c(O)c4-c4c(cc(O)c(O)c4O)C(=O)O[C@H]3[C@@H]1OC(=O)c1cc(O)c(O)c(O)c1-2. The molecule has 0 saturated carbocycles. The minimum Gasteiger partial charge on any atom is -0.504 e. The highest BCUT2D eigenvalue weighted by molar-refractivity contribution is 6.11. The van der Waals surface area contributed by atoms with Gasteiger partial charge < -0.3 is 110 Å². The van der Waals surface area contributed by atoms with Crippen LogP contribution in [0.1, 0.15) is 51.8 Å². The van der Waals surface area contributed by atoms with Gasteiger partial charge in [-0.05, 0) is 18.2 Å². The van der Waals surface area contributed by atoms with Gasteiger partial charge in [-0.25, -0.2) is 24.0 Å². The molecule has 0 aliphatic carbocycles. The van der Waals surface area contributed by atoms with E-state index in [2.05, 4.69) is 0 Å². The zero-order valence-electron chi connectivity index (χ0n) is 33.1. The van der Waals surface area contributed by atoms with Gasteiger partial charge in [0.25, 0.3) is 0 Å². The molecule has 27 heteroatoms. The third-order valence-electron chi connectivity index (χ3n) is 10.7. The van der Waals surface area contributed by atoms with Gasteiger partial charge in [0, 0.05) is 28.8 Å². The van der Waals surface area contributed by atoms with Crippen molar-refractivity contribution < 1.29 is 134 Å². The molecule has 0 radical (unpaired) electrons. The molecule has 0 bridgehead atoms. The summed E-state index contributed by atoms with van der Waals surface area (Å²) in [6.07, 6.45) is -11.9. The van der Waals surface area contributed by atoms with Gasteiger partial charge in [0.2, 0.25) is 28.7 Å². The summed E-state index contributed by atoms with van der Waals surface area (Å²) >= 11 is 0. The number of aliphatic hydroxyl groups is 1. The van der Waals surface area contributed by atoms with E-state index in [4.69, 9.17) is 28.4 Å². The Bertz CT molecular complexity index is 3100. The van der Waals surface area contributed by atoms with Crippen molar-refractivity contribution in [1.82, 2.24) is 0 Å². The molecule has 5 aromatic carbocycles. The number of carboxylic acid groups (broad SMARTS) is 1. The Hall–Kier alpha value is -9.63. The van der Waals surface area contributed by atoms with Crippen LogP contribution in [-0.4, -0.2) is 149 Å². The number of phenols is 14. The van der Waals surface area contributed by atoms with Crippen LogP contribution in [0, 0.1) is 0 Å².